The lowest BCUT2D eigenvalue weighted by molar-refractivity contribution is 0.569. The number of hydrogen-bond acceptors (Lipinski definition) is 1. The first-order valence-corrected chi connectivity index (χ1v) is 5.09. The van der Waals surface area contributed by atoms with E-state index in [1.165, 1.54) is 5.56 Å². The first kappa shape index (κ1) is 12.7. The summed E-state index contributed by atoms with van der Waals surface area (Å²) in [6, 6.07) is 7.92. The Hall–Kier alpha value is -1.33. The molecule has 1 aromatic rings. The monoisotopic (exact) mass is 190 g/mol. The molecular formula is C13H18O. The molecule has 0 aliphatic rings. The summed E-state index contributed by atoms with van der Waals surface area (Å²) in [6.07, 6.45) is 0.743. The lowest BCUT2D eigenvalue weighted by Gasteiger charge is -2.00. The van der Waals surface area contributed by atoms with E-state index in [9.17, 15) is 4.79 Å². The maximum atomic E-state index is 10.5. The van der Waals surface area contributed by atoms with Crippen LogP contribution in [0.5, 0.6) is 0 Å². The zero-order valence-corrected chi connectivity index (χ0v) is 9.42. The zero-order valence-electron chi connectivity index (χ0n) is 9.42. The van der Waals surface area contributed by atoms with Crippen LogP contribution in [0.1, 0.15) is 38.3 Å². The van der Waals surface area contributed by atoms with E-state index in [2.05, 4.69) is 0 Å². The van der Waals surface area contributed by atoms with Gasteiger partial charge in [0.2, 0.25) is 0 Å². The van der Waals surface area contributed by atoms with Crippen LogP contribution in [-0.2, 0) is 4.79 Å². The Balaban J connectivity index is 0.000000791. The van der Waals surface area contributed by atoms with Crippen LogP contribution in [0.3, 0.4) is 0 Å². The van der Waals surface area contributed by atoms with Crippen LogP contribution in [0, 0.1) is 6.92 Å². The van der Waals surface area contributed by atoms with Gasteiger partial charge in [0.1, 0.15) is 5.94 Å². The molecule has 0 radical (unpaired) electrons. The fraction of sp³-hybridized carbons (Fsp3) is 0.385. The van der Waals surface area contributed by atoms with Crippen LogP contribution >= 0.6 is 0 Å². The largest absolute Gasteiger partial charge is 0.233 e. The van der Waals surface area contributed by atoms with Crippen LogP contribution in [-0.4, -0.2) is 5.94 Å². The average molecular weight is 190 g/mol. The van der Waals surface area contributed by atoms with Gasteiger partial charge in [0.15, 0.2) is 0 Å². The summed E-state index contributed by atoms with van der Waals surface area (Å²) in [5, 5.41) is 0. The first-order valence-electron chi connectivity index (χ1n) is 5.09. The summed E-state index contributed by atoms with van der Waals surface area (Å²) in [7, 11) is 0. The molecule has 76 valence electrons. The van der Waals surface area contributed by atoms with Crippen molar-refractivity contribution in [2.75, 3.05) is 0 Å². The van der Waals surface area contributed by atoms with Crippen molar-refractivity contribution in [2.24, 2.45) is 0 Å². The Labute approximate surface area is 86.5 Å². The fourth-order valence-electron chi connectivity index (χ4n) is 1.17. The van der Waals surface area contributed by atoms with Crippen molar-refractivity contribution >= 4 is 11.5 Å². The maximum Gasteiger partial charge on any atom is 0.128 e. The summed E-state index contributed by atoms with van der Waals surface area (Å²) in [5.41, 5.74) is 2.92. The topological polar surface area (TPSA) is 17.1 Å². The third-order valence-corrected chi connectivity index (χ3v) is 1.84. The summed E-state index contributed by atoms with van der Waals surface area (Å²) in [6.45, 7) is 7.98. The van der Waals surface area contributed by atoms with Crippen LogP contribution < -0.4 is 0 Å². The van der Waals surface area contributed by atoms with Gasteiger partial charge in [-0.25, -0.2) is 4.79 Å². The normalized spacial score (nSPS) is 8.29. The summed E-state index contributed by atoms with van der Waals surface area (Å²) in [5.74, 6) is 1.96. The van der Waals surface area contributed by atoms with Crippen LogP contribution in [0.2, 0.25) is 0 Å². The number of aryl methyl sites for hydroxylation is 1. The van der Waals surface area contributed by atoms with E-state index in [0.29, 0.717) is 0 Å². The summed E-state index contributed by atoms with van der Waals surface area (Å²) < 4.78 is 0. The van der Waals surface area contributed by atoms with E-state index in [1.807, 2.05) is 57.9 Å². The minimum Gasteiger partial charge on any atom is -0.233 e. The summed E-state index contributed by atoms with van der Waals surface area (Å²) >= 11 is 0. The van der Waals surface area contributed by atoms with Crippen molar-refractivity contribution in [1.82, 2.24) is 0 Å². The Kier molecular flexibility index (Phi) is 6.43. The number of allylic oxidation sites excluding steroid dienone is 1. The van der Waals surface area contributed by atoms with E-state index in [4.69, 9.17) is 0 Å². The van der Waals surface area contributed by atoms with Gasteiger partial charge in [-0.05, 0) is 18.9 Å². The van der Waals surface area contributed by atoms with Gasteiger partial charge in [0, 0.05) is 5.57 Å². The van der Waals surface area contributed by atoms with Crippen molar-refractivity contribution in [1.29, 1.82) is 0 Å². The Bertz CT molecular complexity index is 320. The van der Waals surface area contributed by atoms with E-state index < -0.39 is 0 Å². The van der Waals surface area contributed by atoms with E-state index in [0.717, 1.165) is 17.6 Å². The van der Waals surface area contributed by atoms with Crippen molar-refractivity contribution in [2.45, 2.75) is 34.1 Å². The standard InChI is InChI=1S/C11H12O.C2H6/c1-3-10(8-12)11-6-4-5-9(2)7-11;1-2/h4-7H,3H2,1-2H3;1-2H3. The van der Waals surface area contributed by atoms with Crippen molar-refractivity contribution in [3.8, 4) is 0 Å². The van der Waals surface area contributed by atoms with Gasteiger partial charge in [-0.3, -0.25) is 0 Å². The minimum absolute atomic E-state index is 0.743. The Morgan fingerprint density at radius 3 is 2.43 bits per heavy atom. The third-order valence-electron chi connectivity index (χ3n) is 1.84. The van der Waals surface area contributed by atoms with Gasteiger partial charge in [-0.1, -0.05) is 50.6 Å². The van der Waals surface area contributed by atoms with Gasteiger partial charge >= 0.3 is 0 Å². The molecule has 0 bridgehead atoms. The highest BCUT2D eigenvalue weighted by Gasteiger charge is 1.98. The molecule has 1 heteroatoms. The van der Waals surface area contributed by atoms with Gasteiger partial charge in [0.25, 0.3) is 0 Å². The number of benzene rings is 1. The van der Waals surface area contributed by atoms with Crippen molar-refractivity contribution < 1.29 is 4.79 Å². The lowest BCUT2D eigenvalue weighted by Crippen LogP contribution is -1.84. The summed E-state index contributed by atoms with van der Waals surface area (Å²) in [4.78, 5) is 10.5. The number of hydrogen-bond donors (Lipinski definition) is 0. The molecule has 0 amide bonds. The molecule has 0 fully saturated rings. The van der Waals surface area contributed by atoms with Gasteiger partial charge in [-0.15, -0.1) is 0 Å². The first-order chi connectivity index (χ1) is 6.77. The molecule has 0 aromatic heterocycles. The molecule has 0 spiro atoms. The fourth-order valence-corrected chi connectivity index (χ4v) is 1.17. The Morgan fingerprint density at radius 1 is 1.36 bits per heavy atom. The quantitative estimate of drug-likeness (QED) is 0.651. The van der Waals surface area contributed by atoms with E-state index >= 15 is 0 Å². The number of rotatable bonds is 2. The highest BCUT2D eigenvalue weighted by atomic mass is 16.1. The van der Waals surface area contributed by atoms with Crippen molar-refractivity contribution in [3.63, 3.8) is 0 Å². The molecule has 0 aliphatic carbocycles. The van der Waals surface area contributed by atoms with Gasteiger partial charge in [-0.2, -0.15) is 0 Å². The second-order valence-corrected chi connectivity index (χ2v) is 2.80. The molecule has 1 rings (SSSR count). The smallest absolute Gasteiger partial charge is 0.128 e. The van der Waals surface area contributed by atoms with Crippen LogP contribution in [0.15, 0.2) is 24.3 Å². The molecule has 0 aliphatic heterocycles. The molecule has 14 heavy (non-hydrogen) atoms. The second-order valence-electron chi connectivity index (χ2n) is 2.80. The molecule has 1 nitrogen and oxygen atoms in total. The highest BCUT2D eigenvalue weighted by Crippen LogP contribution is 2.15. The van der Waals surface area contributed by atoms with E-state index in [1.54, 1.807) is 0 Å². The molecular weight excluding hydrogens is 172 g/mol. The maximum absolute atomic E-state index is 10.5. The minimum atomic E-state index is 0.743. The van der Waals surface area contributed by atoms with Gasteiger partial charge < -0.3 is 0 Å². The Morgan fingerprint density at radius 2 is 2.00 bits per heavy atom. The average Bonchev–Trinajstić information content (AvgIpc) is 2.23. The molecule has 0 unspecified atom stereocenters. The molecule has 0 heterocycles. The van der Waals surface area contributed by atoms with Crippen molar-refractivity contribution in [3.05, 3.63) is 35.4 Å². The van der Waals surface area contributed by atoms with Gasteiger partial charge in [0.05, 0.1) is 0 Å². The molecule has 1 aromatic carbocycles. The lowest BCUT2D eigenvalue weighted by atomic mass is 10.0. The molecule has 0 saturated heterocycles. The third kappa shape index (κ3) is 3.59. The number of carbonyl (C=O) groups excluding carboxylic acids is 1. The molecule has 0 atom stereocenters. The predicted octanol–water partition coefficient (Wildman–Crippen LogP) is 3.65. The van der Waals surface area contributed by atoms with Crippen LogP contribution in [0.4, 0.5) is 0 Å². The highest BCUT2D eigenvalue weighted by molar-refractivity contribution is 5.87. The van der Waals surface area contributed by atoms with E-state index in [-0.39, 0.29) is 0 Å². The van der Waals surface area contributed by atoms with Crippen LogP contribution in [0.25, 0.3) is 5.57 Å². The SMILES string of the molecule is CC.CCC(=C=O)c1cccc(C)c1. The molecule has 0 N–H and O–H groups in total. The zero-order chi connectivity index (χ0) is 11.0. The predicted molar refractivity (Wildman–Crippen MR) is 61.9 cm³/mol. The second kappa shape index (κ2) is 7.11. The molecule has 0 saturated carbocycles.